The van der Waals surface area contributed by atoms with E-state index in [9.17, 15) is 13.6 Å². The maximum absolute atomic E-state index is 13.7. The summed E-state index contributed by atoms with van der Waals surface area (Å²) in [5.74, 6) is -1.94. The molecule has 0 bridgehead atoms. The molecule has 0 aliphatic rings. The number of anilines is 3. The zero-order valence-corrected chi connectivity index (χ0v) is 14.2. The molecule has 1 aromatic heterocycles. The van der Waals surface area contributed by atoms with Gasteiger partial charge in [0.15, 0.2) is 0 Å². The van der Waals surface area contributed by atoms with Crippen LogP contribution in [0.1, 0.15) is 21.7 Å². The molecule has 3 aromatic rings. The molecule has 0 radical (unpaired) electrons. The van der Waals surface area contributed by atoms with Crippen LogP contribution >= 0.6 is 0 Å². The van der Waals surface area contributed by atoms with Gasteiger partial charge < -0.3 is 10.6 Å². The zero-order chi connectivity index (χ0) is 18.7. The van der Waals surface area contributed by atoms with Crippen molar-refractivity contribution in [2.45, 2.75) is 13.8 Å². The van der Waals surface area contributed by atoms with Crippen LogP contribution in [0.4, 0.5) is 26.1 Å². The molecule has 0 unspecified atom stereocenters. The highest BCUT2D eigenvalue weighted by atomic mass is 19.1. The van der Waals surface area contributed by atoms with E-state index >= 15 is 0 Å². The lowest BCUT2D eigenvalue weighted by Gasteiger charge is -2.11. The summed E-state index contributed by atoms with van der Waals surface area (Å²) in [4.78, 5) is 20.8. The van der Waals surface area contributed by atoms with Crippen LogP contribution in [0.25, 0.3) is 0 Å². The number of carbonyl (C=O) groups is 1. The summed E-state index contributed by atoms with van der Waals surface area (Å²) in [6, 6.07) is 12.0. The number of hydrogen-bond acceptors (Lipinski definition) is 4. The standard InChI is InChI=1S/C19H16F2N4O/c1-11-5-3-4-6-15(11)24-19-22-12(2)9-17(25-19)18(26)23-16-8-7-13(20)10-14(16)21/h3-10H,1-2H3,(H,23,26)(H,22,24,25). The monoisotopic (exact) mass is 354 g/mol. The summed E-state index contributed by atoms with van der Waals surface area (Å²) in [6.07, 6.45) is 0. The number of nitrogens with one attached hydrogen (secondary N) is 2. The van der Waals surface area contributed by atoms with Crippen molar-refractivity contribution in [1.82, 2.24) is 9.97 Å². The van der Waals surface area contributed by atoms with Crippen LogP contribution in [-0.4, -0.2) is 15.9 Å². The minimum absolute atomic E-state index is 0.0670. The number of para-hydroxylation sites is 1. The van der Waals surface area contributed by atoms with Crippen LogP contribution in [0.5, 0.6) is 0 Å². The molecule has 7 heteroatoms. The van der Waals surface area contributed by atoms with Crippen molar-refractivity contribution >= 4 is 23.2 Å². The summed E-state index contributed by atoms with van der Waals surface area (Å²) in [5, 5.41) is 5.45. The minimum Gasteiger partial charge on any atom is -0.324 e. The Morgan fingerprint density at radius 2 is 1.73 bits per heavy atom. The highest BCUT2D eigenvalue weighted by molar-refractivity contribution is 6.03. The molecule has 0 spiro atoms. The third kappa shape index (κ3) is 4.00. The van der Waals surface area contributed by atoms with Gasteiger partial charge in [-0.15, -0.1) is 0 Å². The Balaban J connectivity index is 1.85. The first kappa shape index (κ1) is 17.5. The largest absolute Gasteiger partial charge is 0.324 e. The van der Waals surface area contributed by atoms with Gasteiger partial charge in [-0.05, 0) is 43.7 Å². The van der Waals surface area contributed by atoms with Gasteiger partial charge in [0.25, 0.3) is 5.91 Å². The molecule has 0 aliphatic carbocycles. The molecule has 132 valence electrons. The molecule has 1 heterocycles. The van der Waals surface area contributed by atoms with Gasteiger partial charge >= 0.3 is 0 Å². The van der Waals surface area contributed by atoms with Crippen LogP contribution in [-0.2, 0) is 0 Å². The first-order valence-corrected chi connectivity index (χ1v) is 7.87. The molecule has 0 saturated carbocycles. The third-order valence-electron chi connectivity index (χ3n) is 3.66. The van der Waals surface area contributed by atoms with Gasteiger partial charge in [0.1, 0.15) is 17.3 Å². The molecule has 0 atom stereocenters. The number of nitrogens with zero attached hydrogens (tertiary/aromatic N) is 2. The molecule has 0 aliphatic heterocycles. The predicted molar refractivity (Wildman–Crippen MR) is 95.5 cm³/mol. The normalized spacial score (nSPS) is 10.5. The second-order valence-electron chi connectivity index (χ2n) is 5.74. The summed E-state index contributed by atoms with van der Waals surface area (Å²) in [5.41, 5.74) is 2.32. The second kappa shape index (κ2) is 7.26. The van der Waals surface area contributed by atoms with Crippen molar-refractivity contribution in [1.29, 1.82) is 0 Å². The Hall–Kier alpha value is -3.35. The van der Waals surface area contributed by atoms with E-state index < -0.39 is 17.5 Å². The maximum Gasteiger partial charge on any atom is 0.274 e. The zero-order valence-electron chi connectivity index (χ0n) is 14.2. The summed E-state index contributed by atoms with van der Waals surface area (Å²) >= 11 is 0. The van der Waals surface area contributed by atoms with Gasteiger partial charge in [-0.25, -0.2) is 18.7 Å². The van der Waals surface area contributed by atoms with Gasteiger partial charge in [-0.3, -0.25) is 4.79 Å². The van der Waals surface area contributed by atoms with Crippen molar-refractivity contribution in [2.24, 2.45) is 0 Å². The van der Waals surface area contributed by atoms with Gasteiger partial charge in [0, 0.05) is 17.4 Å². The van der Waals surface area contributed by atoms with Gasteiger partial charge in [-0.1, -0.05) is 18.2 Å². The maximum atomic E-state index is 13.7. The predicted octanol–water partition coefficient (Wildman–Crippen LogP) is 4.37. The lowest BCUT2D eigenvalue weighted by atomic mass is 10.2. The quantitative estimate of drug-likeness (QED) is 0.730. The van der Waals surface area contributed by atoms with E-state index in [1.165, 1.54) is 6.07 Å². The Morgan fingerprint density at radius 3 is 2.46 bits per heavy atom. The van der Waals surface area contributed by atoms with E-state index in [1.54, 1.807) is 6.92 Å². The summed E-state index contributed by atoms with van der Waals surface area (Å²) in [6.45, 7) is 3.66. The number of rotatable bonds is 4. The average molecular weight is 354 g/mol. The summed E-state index contributed by atoms with van der Waals surface area (Å²) in [7, 11) is 0. The van der Waals surface area contributed by atoms with E-state index in [4.69, 9.17) is 0 Å². The molecular weight excluding hydrogens is 338 g/mol. The van der Waals surface area contributed by atoms with Crippen molar-refractivity contribution in [2.75, 3.05) is 10.6 Å². The molecule has 2 N–H and O–H groups in total. The highest BCUT2D eigenvalue weighted by Gasteiger charge is 2.14. The van der Waals surface area contributed by atoms with Crippen LogP contribution in [0.2, 0.25) is 0 Å². The molecular formula is C19H16F2N4O. The van der Waals surface area contributed by atoms with Crippen molar-refractivity contribution in [3.8, 4) is 0 Å². The molecule has 0 fully saturated rings. The fraction of sp³-hybridized carbons (Fsp3) is 0.105. The van der Waals surface area contributed by atoms with E-state index in [0.29, 0.717) is 11.8 Å². The molecule has 1 amide bonds. The SMILES string of the molecule is Cc1cc(C(=O)Nc2ccc(F)cc2F)nc(Nc2ccccc2C)n1. The Kier molecular flexibility index (Phi) is 4.88. The van der Waals surface area contributed by atoms with Crippen LogP contribution < -0.4 is 10.6 Å². The first-order chi connectivity index (χ1) is 12.4. The van der Waals surface area contributed by atoms with E-state index in [1.807, 2.05) is 31.2 Å². The fourth-order valence-electron chi connectivity index (χ4n) is 2.35. The smallest absolute Gasteiger partial charge is 0.274 e. The Labute approximate surface area is 149 Å². The lowest BCUT2D eigenvalue weighted by molar-refractivity contribution is 0.102. The third-order valence-corrected chi connectivity index (χ3v) is 3.66. The van der Waals surface area contributed by atoms with E-state index in [0.717, 1.165) is 23.4 Å². The number of amides is 1. The van der Waals surface area contributed by atoms with Crippen molar-refractivity contribution in [3.63, 3.8) is 0 Å². The molecule has 0 saturated heterocycles. The van der Waals surface area contributed by atoms with Crippen molar-refractivity contribution < 1.29 is 13.6 Å². The topological polar surface area (TPSA) is 66.9 Å². The van der Waals surface area contributed by atoms with E-state index in [2.05, 4.69) is 20.6 Å². The Bertz CT molecular complexity index is 976. The lowest BCUT2D eigenvalue weighted by Crippen LogP contribution is -2.16. The summed E-state index contributed by atoms with van der Waals surface area (Å²) < 4.78 is 26.7. The molecule has 3 rings (SSSR count). The van der Waals surface area contributed by atoms with Crippen LogP contribution in [0.15, 0.2) is 48.5 Å². The first-order valence-electron chi connectivity index (χ1n) is 7.87. The van der Waals surface area contributed by atoms with Gasteiger partial charge in [-0.2, -0.15) is 0 Å². The fourth-order valence-corrected chi connectivity index (χ4v) is 2.35. The second-order valence-corrected chi connectivity index (χ2v) is 5.74. The molecule has 5 nitrogen and oxygen atoms in total. The molecule has 26 heavy (non-hydrogen) atoms. The van der Waals surface area contributed by atoms with Crippen molar-refractivity contribution in [3.05, 3.63) is 77.1 Å². The average Bonchev–Trinajstić information content (AvgIpc) is 2.59. The number of aromatic nitrogens is 2. The Morgan fingerprint density at radius 1 is 0.962 bits per heavy atom. The van der Waals surface area contributed by atoms with Crippen LogP contribution in [0, 0.1) is 25.5 Å². The van der Waals surface area contributed by atoms with Gasteiger partial charge in [0.05, 0.1) is 5.69 Å². The highest BCUT2D eigenvalue weighted by Crippen LogP contribution is 2.19. The van der Waals surface area contributed by atoms with Crippen LogP contribution in [0.3, 0.4) is 0 Å². The van der Waals surface area contributed by atoms with Gasteiger partial charge in [0.2, 0.25) is 5.95 Å². The number of aryl methyl sites for hydroxylation is 2. The number of halogens is 2. The number of carbonyl (C=O) groups excluding carboxylic acids is 1. The molecule has 2 aromatic carbocycles. The number of benzene rings is 2. The minimum atomic E-state index is -0.859. The number of hydrogen-bond donors (Lipinski definition) is 2. The van der Waals surface area contributed by atoms with E-state index in [-0.39, 0.29) is 17.3 Å².